The number of hydrogen-bond acceptors (Lipinski definition) is 10. The van der Waals surface area contributed by atoms with Crippen LogP contribution in [0, 0.1) is 0 Å². The lowest BCUT2D eigenvalue weighted by Gasteiger charge is -2.38. The predicted molar refractivity (Wildman–Crippen MR) is 104 cm³/mol. The van der Waals surface area contributed by atoms with Crippen molar-refractivity contribution < 1.29 is 28.9 Å². The van der Waals surface area contributed by atoms with Crippen molar-refractivity contribution in [1.29, 1.82) is 0 Å². The predicted octanol–water partition coefficient (Wildman–Crippen LogP) is 3.49. The van der Waals surface area contributed by atoms with E-state index in [0.717, 1.165) is 19.3 Å². The molecule has 162 valence electrons. The van der Waals surface area contributed by atoms with E-state index in [1.165, 1.54) is 10.9 Å². The SMILES string of the molecule is CCOC(=O)c1cnn(-c2ccccn2)c1N=NC1=C(O)OC2(CCCCC2)OC1=O. The molecule has 3 heterocycles. The monoisotopic (exact) mass is 427 g/mol. The number of carbonyl (C=O) groups excluding carboxylic acids is 2. The Morgan fingerprint density at radius 3 is 2.74 bits per heavy atom. The fourth-order valence-electron chi connectivity index (χ4n) is 3.46. The molecule has 1 saturated carbocycles. The van der Waals surface area contributed by atoms with Crippen LogP contribution in [0.3, 0.4) is 0 Å². The molecular weight excluding hydrogens is 406 g/mol. The highest BCUT2D eigenvalue weighted by atomic mass is 16.8. The van der Waals surface area contributed by atoms with Gasteiger partial charge in [-0.1, -0.05) is 12.5 Å². The van der Waals surface area contributed by atoms with Crippen LogP contribution >= 0.6 is 0 Å². The number of esters is 2. The van der Waals surface area contributed by atoms with Gasteiger partial charge in [0.1, 0.15) is 5.56 Å². The highest BCUT2D eigenvalue weighted by Crippen LogP contribution is 2.38. The third-order valence-electron chi connectivity index (χ3n) is 4.92. The van der Waals surface area contributed by atoms with Gasteiger partial charge in [0, 0.05) is 19.0 Å². The summed E-state index contributed by atoms with van der Waals surface area (Å²) in [4.78, 5) is 29.0. The number of aliphatic hydroxyl groups excluding tert-OH is 1. The largest absolute Gasteiger partial charge is 0.479 e. The van der Waals surface area contributed by atoms with Gasteiger partial charge in [-0.15, -0.1) is 10.2 Å². The van der Waals surface area contributed by atoms with Crippen LogP contribution in [0.5, 0.6) is 0 Å². The van der Waals surface area contributed by atoms with Crippen molar-refractivity contribution in [3.8, 4) is 5.82 Å². The van der Waals surface area contributed by atoms with E-state index in [4.69, 9.17) is 14.2 Å². The summed E-state index contributed by atoms with van der Waals surface area (Å²) in [6.07, 6.45) is 6.45. The van der Waals surface area contributed by atoms with E-state index >= 15 is 0 Å². The second-order valence-electron chi connectivity index (χ2n) is 7.02. The summed E-state index contributed by atoms with van der Waals surface area (Å²) in [6.45, 7) is 1.82. The van der Waals surface area contributed by atoms with Crippen LogP contribution in [-0.2, 0) is 19.0 Å². The fourth-order valence-corrected chi connectivity index (χ4v) is 3.46. The van der Waals surface area contributed by atoms with Crippen LogP contribution in [0.1, 0.15) is 49.4 Å². The van der Waals surface area contributed by atoms with E-state index in [1.54, 1.807) is 31.3 Å². The number of carbonyl (C=O) groups is 2. The molecule has 0 aromatic carbocycles. The maximum atomic E-state index is 12.5. The summed E-state index contributed by atoms with van der Waals surface area (Å²) in [6, 6.07) is 5.11. The minimum atomic E-state index is -1.16. The Balaban J connectivity index is 1.69. The van der Waals surface area contributed by atoms with Crippen molar-refractivity contribution in [3.05, 3.63) is 47.8 Å². The molecule has 0 atom stereocenters. The first-order chi connectivity index (χ1) is 15.0. The smallest absolute Gasteiger partial charge is 0.369 e. The summed E-state index contributed by atoms with van der Waals surface area (Å²) in [5.41, 5.74) is -0.482. The maximum absolute atomic E-state index is 12.5. The van der Waals surface area contributed by atoms with Crippen molar-refractivity contribution in [2.45, 2.75) is 44.8 Å². The van der Waals surface area contributed by atoms with Gasteiger partial charge in [-0.3, -0.25) is 0 Å². The molecule has 1 fully saturated rings. The third-order valence-corrected chi connectivity index (χ3v) is 4.92. The Morgan fingerprint density at radius 1 is 1.26 bits per heavy atom. The molecule has 1 aliphatic heterocycles. The summed E-state index contributed by atoms with van der Waals surface area (Å²) in [7, 11) is 0. The average Bonchev–Trinajstić information content (AvgIpc) is 3.18. The fraction of sp³-hybridized carbons (Fsp3) is 0.400. The Labute approximate surface area is 177 Å². The van der Waals surface area contributed by atoms with Crippen LogP contribution in [-0.4, -0.2) is 44.2 Å². The minimum Gasteiger partial charge on any atom is -0.479 e. The van der Waals surface area contributed by atoms with Gasteiger partial charge in [-0.05, 0) is 31.9 Å². The first-order valence-corrected chi connectivity index (χ1v) is 9.97. The van der Waals surface area contributed by atoms with Crippen molar-refractivity contribution in [2.75, 3.05) is 6.61 Å². The number of nitrogens with zero attached hydrogens (tertiary/aromatic N) is 5. The van der Waals surface area contributed by atoms with Gasteiger partial charge >= 0.3 is 17.9 Å². The molecule has 1 aliphatic carbocycles. The minimum absolute atomic E-state index is 0.0187. The van der Waals surface area contributed by atoms with Crippen LogP contribution in [0.2, 0.25) is 0 Å². The Hall–Kier alpha value is -3.76. The average molecular weight is 427 g/mol. The summed E-state index contributed by atoms with van der Waals surface area (Å²) in [5.74, 6) is -3.00. The molecule has 2 aromatic rings. The topological polar surface area (TPSA) is 137 Å². The van der Waals surface area contributed by atoms with Crippen LogP contribution in [0.4, 0.5) is 5.82 Å². The van der Waals surface area contributed by atoms with Gasteiger partial charge in [0.05, 0.1) is 12.8 Å². The second kappa shape index (κ2) is 8.54. The molecule has 0 amide bonds. The molecule has 31 heavy (non-hydrogen) atoms. The van der Waals surface area contributed by atoms with Gasteiger partial charge in [-0.2, -0.15) is 9.78 Å². The number of azo groups is 1. The lowest BCUT2D eigenvalue weighted by atomic mass is 9.93. The Kier molecular flexibility index (Phi) is 5.65. The van der Waals surface area contributed by atoms with E-state index in [0.29, 0.717) is 18.7 Å². The lowest BCUT2D eigenvalue weighted by Crippen LogP contribution is -2.43. The van der Waals surface area contributed by atoms with Crippen molar-refractivity contribution in [3.63, 3.8) is 0 Å². The van der Waals surface area contributed by atoms with Crippen molar-refractivity contribution in [1.82, 2.24) is 14.8 Å². The van der Waals surface area contributed by atoms with Gasteiger partial charge in [0.25, 0.3) is 11.5 Å². The van der Waals surface area contributed by atoms with E-state index in [2.05, 4.69) is 20.3 Å². The molecular formula is C20H21N5O6. The highest BCUT2D eigenvalue weighted by Gasteiger charge is 2.45. The molecule has 4 rings (SSSR count). The van der Waals surface area contributed by atoms with E-state index < -0.39 is 29.4 Å². The molecule has 0 unspecified atom stereocenters. The van der Waals surface area contributed by atoms with Gasteiger partial charge in [-0.25, -0.2) is 14.6 Å². The Morgan fingerprint density at radius 2 is 2.06 bits per heavy atom. The van der Waals surface area contributed by atoms with Gasteiger partial charge in [0.2, 0.25) is 0 Å². The third kappa shape index (κ3) is 4.11. The molecule has 2 aromatic heterocycles. The zero-order chi connectivity index (χ0) is 21.8. The number of aromatic nitrogens is 3. The molecule has 11 nitrogen and oxygen atoms in total. The first kappa shape index (κ1) is 20.5. The number of ether oxygens (including phenoxy) is 3. The zero-order valence-electron chi connectivity index (χ0n) is 16.9. The standard InChI is InChI=1S/C20H21N5O6/c1-2-29-17(26)13-12-22-25(14-8-4-7-11-21-14)16(13)24-23-15-18(27)30-20(31-19(15)28)9-5-3-6-10-20/h4,7-8,11-12,27H,2-3,5-6,9-10H2,1H3. The van der Waals surface area contributed by atoms with E-state index in [1.807, 2.05) is 0 Å². The lowest BCUT2D eigenvalue weighted by molar-refractivity contribution is -0.250. The quantitative estimate of drug-likeness (QED) is 0.565. The van der Waals surface area contributed by atoms with Gasteiger partial charge < -0.3 is 19.3 Å². The maximum Gasteiger partial charge on any atom is 0.369 e. The Bertz CT molecular complexity index is 1040. The zero-order valence-corrected chi connectivity index (χ0v) is 16.9. The van der Waals surface area contributed by atoms with Crippen LogP contribution < -0.4 is 0 Å². The molecule has 0 radical (unpaired) electrons. The summed E-state index contributed by atoms with van der Waals surface area (Å²) < 4.78 is 17.3. The van der Waals surface area contributed by atoms with Gasteiger partial charge in [0.15, 0.2) is 11.6 Å². The number of rotatable bonds is 5. The molecule has 0 saturated heterocycles. The molecule has 0 bridgehead atoms. The van der Waals surface area contributed by atoms with E-state index in [-0.39, 0.29) is 18.0 Å². The number of aliphatic hydroxyl groups is 1. The van der Waals surface area contributed by atoms with Crippen molar-refractivity contribution >= 4 is 17.8 Å². The number of pyridine rings is 1. The summed E-state index contributed by atoms with van der Waals surface area (Å²) >= 11 is 0. The molecule has 11 heteroatoms. The molecule has 2 aliphatic rings. The molecule has 1 N–H and O–H groups in total. The van der Waals surface area contributed by atoms with E-state index in [9.17, 15) is 14.7 Å². The van der Waals surface area contributed by atoms with Crippen LogP contribution in [0.15, 0.2) is 52.5 Å². The normalized spacial score (nSPS) is 18.2. The summed E-state index contributed by atoms with van der Waals surface area (Å²) in [5, 5.41) is 22.2. The highest BCUT2D eigenvalue weighted by molar-refractivity contribution is 5.94. The van der Waals surface area contributed by atoms with Crippen molar-refractivity contribution in [2.24, 2.45) is 10.2 Å². The van der Waals surface area contributed by atoms with Crippen LogP contribution in [0.25, 0.3) is 5.82 Å². The first-order valence-electron chi connectivity index (χ1n) is 9.97. The second-order valence-corrected chi connectivity index (χ2v) is 7.02. The number of hydrogen-bond donors (Lipinski definition) is 1. The molecule has 1 spiro atoms.